The average Bonchev–Trinajstić information content (AvgIpc) is 2.50. The van der Waals surface area contributed by atoms with E-state index < -0.39 is 17.9 Å². The fraction of sp³-hybridized carbons (Fsp3) is 0.412. The predicted octanol–water partition coefficient (Wildman–Crippen LogP) is 2.03. The first kappa shape index (κ1) is 18.5. The van der Waals surface area contributed by atoms with Crippen molar-refractivity contribution >= 4 is 11.9 Å². The van der Waals surface area contributed by atoms with E-state index in [1.165, 1.54) is 7.11 Å². The highest BCUT2D eigenvalue weighted by molar-refractivity contribution is 5.84. The Hall–Kier alpha value is -2.50. The van der Waals surface area contributed by atoms with Gasteiger partial charge in [0, 0.05) is 0 Å². The standard InChI is InChI=1S/C17H23NO5/c1-5-6-12-7-8-13(14(9-12)22-4)23-10-15(19)18-16(11(2)3)17(20)21/h5,7-9,11,16H,1,6,10H2,2-4H3,(H,18,19)(H,20,21)/t16-/m0/s1. The van der Waals surface area contributed by atoms with Gasteiger partial charge < -0.3 is 19.9 Å². The minimum absolute atomic E-state index is 0.218. The summed E-state index contributed by atoms with van der Waals surface area (Å²) >= 11 is 0. The molecule has 1 atom stereocenters. The Bertz CT molecular complexity index is 568. The minimum Gasteiger partial charge on any atom is -0.493 e. The lowest BCUT2D eigenvalue weighted by Crippen LogP contribution is -2.46. The zero-order valence-electron chi connectivity index (χ0n) is 13.7. The van der Waals surface area contributed by atoms with E-state index in [1.807, 2.05) is 12.1 Å². The van der Waals surface area contributed by atoms with E-state index >= 15 is 0 Å². The molecule has 0 bridgehead atoms. The summed E-state index contributed by atoms with van der Waals surface area (Å²) in [7, 11) is 1.51. The number of hydrogen-bond acceptors (Lipinski definition) is 4. The SMILES string of the molecule is C=CCc1ccc(OCC(=O)N[C@H](C(=O)O)C(C)C)c(OC)c1. The Balaban J connectivity index is 2.68. The van der Waals surface area contributed by atoms with Crippen molar-refractivity contribution in [1.82, 2.24) is 5.32 Å². The molecular weight excluding hydrogens is 298 g/mol. The molecule has 2 N–H and O–H groups in total. The topological polar surface area (TPSA) is 84.9 Å². The highest BCUT2D eigenvalue weighted by atomic mass is 16.5. The Morgan fingerprint density at radius 2 is 2.04 bits per heavy atom. The number of hydrogen-bond donors (Lipinski definition) is 2. The van der Waals surface area contributed by atoms with Gasteiger partial charge in [0.2, 0.25) is 0 Å². The van der Waals surface area contributed by atoms with Crippen LogP contribution in [-0.2, 0) is 16.0 Å². The second-order valence-electron chi connectivity index (χ2n) is 5.39. The van der Waals surface area contributed by atoms with Crippen LogP contribution in [0.1, 0.15) is 19.4 Å². The highest BCUT2D eigenvalue weighted by Crippen LogP contribution is 2.28. The van der Waals surface area contributed by atoms with Crippen LogP contribution in [0.25, 0.3) is 0 Å². The smallest absolute Gasteiger partial charge is 0.326 e. The van der Waals surface area contributed by atoms with Crippen molar-refractivity contribution in [3.8, 4) is 11.5 Å². The molecule has 1 amide bonds. The van der Waals surface area contributed by atoms with Gasteiger partial charge in [0.15, 0.2) is 18.1 Å². The number of carboxylic acids is 1. The molecule has 0 aliphatic carbocycles. The zero-order valence-corrected chi connectivity index (χ0v) is 13.7. The monoisotopic (exact) mass is 321 g/mol. The number of nitrogens with one attached hydrogen (secondary N) is 1. The van der Waals surface area contributed by atoms with E-state index in [0.29, 0.717) is 17.9 Å². The summed E-state index contributed by atoms with van der Waals surface area (Å²) in [4.78, 5) is 22.9. The third kappa shape index (κ3) is 5.65. The molecule has 6 heteroatoms. The van der Waals surface area contributed by atoms with E-state index in [0.717, 1.165) is 5.56 Å². The van der Waals surface area contributed by atoms with Gasteiger partial charge in [-0.15, -0.1) is 6.58 Å². The van der Waals surface area contributed by atoms with Crippen LogP contribution in [0.3, 0.4) is 0 Å². The molecule has 0 aliphatic rings. The molecule has 1 aromatic rings. The van der Waals surface area contributed by atoms with E-state index in [4.69, 9.17) is 14.6 Å². The molecule has 0 radical (unpaired) electrons. The van der Waals surface area contributed by atoms with Crippen molar-refractivity contribution in [2.24, 2.45) is 5.92 Å². The molecular formula is C17H23NO5. The number of amides is 1. The molecule has 126 valence electrons. The summed E-state index contributed by atoms with van der Waals surface area (Å²) in [6.07, 6.45) is 2.48. The van der Waals surface area contributed by atoms with Crippen LogP contribution in [0.15, 0.2) is 30.9 Å². The van der Waals surface area contributed by atoms with Gasteiger partial charge in [0.25, 0.3) is 5.91 Å². The minimum atomic E-state index is -1.07. The van der Waals surface area contributed by atoms with E-state index in [9.17, 15) is 9.59 Å². The van der Waals surface area contributed by atoms with Crippen molar-refractivity contribution in [2.75, 3.05) is 13.7 Å². The quantitative estimate of drug-likeness (QED) is 0.680. The Labute approximate surface area is 136 Å². The first-order chi connectivity index (χ1) is 10.9. The fourth-order valence-electron chi connectivity index (χ4n) is 2.00. The average molecular weight is 321 g/mol. The lowest BCUT2D eigenvalue weighted by atomic mass is 10.1. The number of benzene rings is 1. The van der Waals surface area contributed by atoms with Crippen LogP contribution in [0.4, 0.5) is 0 Å². The molecule has 0 fully saturated rings. The summed E-state index contributed by atoms with van der Waals surface area (Å²) in [6, 6.07) is 4.43. The van der Waals surface area contributed by atoms with Crippen LogP contribution in [0.2, 0.25) is 0 Å². The molecule has 6 nitrogen and oxygen atoms in total. The number of carbonyl (C=O) groups is 2. The second kappa shape index (κ2) is 8.82. The molecule has 0 aliphatic heterocycles. The zero-order chi connectivity index (χ0) is 17.4. The number of carbonyl (C=O) groups excluding carboxylic acids is 1. The number of carboxylic acid groups (broad SMARTS) is 1. The predicted molar refractivity (Wildman–Crippen MR) is 86.8 cm³/mol. The van der Waals surface area contributed by atoms with Crippen molar-refractivity contribution in [2.45, 2.75) is 26.3 Å². The maximum absolute atomic E-state index is 11.9. The lowest BCUT2D eigenvalue weighted by Gasteiger charge is -2.18. The van der Waals surface area contributed by atoms with Gasteiger partial charge >= 0.3 is 5.97 Å². The van der Waals surface area contributed by atoms with Crippen molar-refractivity contribution < 1.29 is 24.2 Å². The lowest BCUT2D eigenvalue weighted by molar-refractivity contribution is -0.143. The van der Waals surface area contributed by atoms with Crippen LogP contribution >= 0.6 is 0 Å². The number of rotatable bonds is 9. The fourth-order valence-corrected chi connectivity index (χ4v) is 2.00. The number of allylic oxidation sites excluding steroid dienone is 1. The number of ether oxygens (including phenoxy) is 2. The molecule has 0 aromatic heterocycles. The Kier molecular flexibility index (Phi) is 7.12. The van der Waals surface area contributed by atoms with Gasteiger partial charge in [-0.2, -0.15) is 0 Å². The highest BCUT2D eigenvalue weighted by Gasteiger charge is 2.23. The summed E-state index contributed by atoms with van der Waals surface area (Å²) < 4.78 is 10.7. The largest absolute Gasteiger partial charge is 0.493 e. The van der Waals surface area contributed by atoms with Gasteiger partial charge in [-0.05, 0) is 30.0 Å². The van der Waals surface area contributed by atoms with Crippen LogP contribution in [-0.4, -0.2) is 36.7 Å². The maximum Gasteiger partial charge on any atom is 0.326 e. The maximum atomic E-state index is 11.9. The normalized spacial score (nSPS) is 11.7. The summed E-state index contributed by atoms with van der Waals surface area (Å²) in [5, 5.41) is 11.5. The first-order valence-corrected chi connectivity index (χ1v) is 7.31. The van der Waals surface area contributed by atoms with Gasteiger partial charge in [-0.25, -0.2) is 4.79 Å². The molecule has 0 saturated heterocycles. The molecule has 0 heterocycles. The molecule has 1 rings (SSSR count). The molecule has 23 heavy (non-hydrogen) atoms. The first-order valence-electron chi connectivity index (χ1n) is 7.31. The van der Waals surface area contributed by atoms with Gasteiger partial charge in [0.05, 0.1) is 7.11 Å². The van der Waals surface area contributed by atoms with Gasteiger partial charge in [0.1, 0.15) is 6.04 Å². The van der Waals surface area contributed by atoms with Crippen LogP contribution in [0.5, 0.6) is 11.5 Å². The number of methoxy groups -OCH3 is 1. The van der Waals surface area contributed by atoms with Gasteiger partial charge in [-0.1, -0.05) is 26.0 Å². The van der Waals surface area contributed by atoms with Crippen molar-refractivity contribution in [3.05, 3.63) is 36.4 Å². The van der Waals surface area contributed by atoms with Crippen LogP contribution in [0, 0.1) is 5.92 Å². The summed E-state index contributed by atoms with van der Waals surface area (Å²) in [6.45, 7) is 6.84. The second-order valence-corrected chi connectivity index (χ2v) is 5.39. The molecule has 1 aromatic carbocycles. The number of aliphatic carboxylic acids is 1. The van der Waals surface area contributed by atoms with Crippen molar-refractivity contribution in [3.63, 3.8) is 0 Å². The molecule has 0 saturated carbocycles. The third-order valence-electron chi connectivity index (χ3n) is 3.22. The van der Waals surface area contributed by atoms with Crippen molar-refractivity contribution in [1.29, 1.82) is 0 Å². The summed E-state index contributed by atoms with van der Waals surface area (Å²) in [5.41, 5.74) is 1.01. The molecule has 0 spiro atoms. The third-order valence-corrected chi connectivity index (χ3v) is 3.22. The van der Waals surface area contributed by atoms with Gasteiger partial charge in [-0.3, -0.25) is 4.79 Å². The van der Waals surface area contributed by atoms with E-state index in [-0.39, 0.29) is 12.5 Å². The van der Waals surface area contributed by atoms with E-state index in [1.54, 1.807) is 26.0 Å². The van der Waals surface area contributed by atoms with E-state index in [2.05, 4.69) is 11.9 Å². The molecule has 0 unspecified atom stereocenters. The Morgan fingerprint density at radius 3 is 2.57 bits per heavy atom. The van der Waals surface area contributed by atoms with Crippen LogP contribution < -0.4 is 14.8 Å². The summed E-state index contributed by atoms with van der Waals surface area (Å²) in [5.74, 6) is -0.852. The Morgan fingerprint density at radius 1 is 1.35 bits per heavy atom.